The smallest absolute Gasteiger partial charge is 0.269 e. The SMILES string of the molecule is O=C(Cc1c(F)cccc1Cl)NCc1cc([N+](=O)[O-])ccc1[O-]. The van der Waals surface area contributed by atoms with Gasteiger partial charge in [0, 0.05) is 29.3 Å². The monoisotopic (exact) mass is 337 g/mol. The second-order valence-corrected chi connectivity index (χ2v) is 5.11. The second-order valence-electron chi connectivity index (χ2n) is 4.70. The van der Waals surface area contributed by atoms with Gasteiger partial charge in [0.2, 0.25) is 5.91 Å². The zero-order chi connectivity index (χ0) is 17.0. The van der Waals surface area contributed by atoms with Crippen molar-refractivity contribution >= 4 is 23.2 Å². The van der Waals surface area contributed by atoms with E-state index in [1.54, 1.807) is 0 Å². The van der Waals surface area contributed by atoms with Crippen molar-refractivity contribution in [3.63, 3.8) is 0 Å². The van der Waals surface area contributed by atoms with E-state index in [4.69, 9.17) is 11.6 Å². The van der Waals surface area contributed by atoms with E-state index in [2.05, 4.69) is 5.32 Å². The van der Waals surface area contributed by atoms with E-state index in [0.717, 1.165) is 18.2 Å². The van der Waals surface area contributed by atoms with Crippen LogP contribution in [0.15, 0.2) is 36.4 Å². The Morgan fingerprint density at radius 2 is 2.04 bits per heavy atom. The Kier molecular flexibility index (Phi) is 5.13. The van der Waals surface area contributed by atoms with E-state index in [1.165, 1.54) is 18.2 Å². The number of carbonyl (C=O) groups excluding carboxylic acids is 1. The lowest BCUT2D eigenvalue weighted by atomic mass is 10.1. The average molecular weight is 338 g/mol. The molecule has 0 unspecified atom stereocenters. The minimum absolute atomic E-state index is 0.0491. The summed E-state index contributed by atoms with van der Waals surface area (Å²) in [6.45, 7) is -0.189. The third-order valence-corrected chi connectivity index (χ3v) is 3.48. The van der Waals surface area contributed by atoms with E-state index in [-0.39, 0.29) is 34.8 Å². The lowest BCUT2D eigenvalue weighted by molar-refractivity contribution is -0.385. The summed E-state index contributed by atoms with van der Waals surface area (Å²) >= 11 is 5.83. The lowest BCUT2D eigenvalue weighted by Crippen LogP contribution is -2.25. The minimum Gasteiger partial charge on any atom is -0.872 e. The number of hydrogen-bond donors (Lipinski definition) is 1. The van der Waals surface area contributed by atoms with Crippen molar-refractivity contribution in [2.75, 3.05) is 0 Å². The average Bonchev–Trinajstić information content (AvgIpc) is 2.50. The van der Waals surface area contributed by atoms with Crippen LogP contribution >= 0.6 is 11.6 Å². The molecule has 8 heteroatoms. The summed E-state index contributed by atoms with van der Waals surface area (Å²) in [5, 5.41) is 24.8. The number of nitrogens with one attached hydrogen (secondary N) is 1. The van der Waals surface area contributed by atoms with Crippen LogP contribution in [0.3, 0.4) is 0 Å². The van der Waals surface area contributed by atoms with Crippen molar-refractivity contribution in [3.8, 4) is 5.75 Å². The number of halogens is 2. The van der Waals surface area contributed by atoms with Gasteiger partial charge >= 0.3 is 0 Å². The van der Waals surface area contributed by atoms with Gasteiger partial charge in [0.05, 0.1) is 11.3 Å². The van der Waals surface area contributed by atoms with Crippen molar-refractivity contribution in [2.24, 2.45) is 0 Å². The largest absolute Gasteiger partial charge is 0.872 e. The maximum absolute atomic E-state index is 13.6. The molecule has 6 nitrogen and oxygen atoms in total. The Balaban J connectivity index is 2.05. The molecule has 120 valence electrons. The Labute approximate surface area is 135 Å². The first-order chi connectivity index (χ1) is 10.9. The summed E-state index contributed by atoms with van der Waals surface area (Å²) in [5.74, 6) is -1.59. The minimum atomic E-state index is -0.635. The lowest BCUT2D eigenvalue weighted by Gasteiger charge is -2.14. The first kappa shape index (κ1) is 16.7. The van der Waals surface area contributed by atoms with Crippen LogP contribution in [-0.4, -0.2) is 10.8 Å². The fourth-order valence-corrected chi connectivity index (χ4v) is 2.17. The quantitative estimate of drug-likeness (QED) is 0.669. The standard InChI is InChI=1S/C15H12ClFN2O4/c16-12-2-1-3-13(17)11(12)7-15(21)18-8-9-6-10(19(22)23)4-5-14(9)20/h1-6,20H,7-8H2,(H,18,21)/p-1. The van der Waals surface area contributed by atoms with E-state index in [9.17, 15) is 24.4 Å². The van der Waals surface area contributed by atoms with Gasteiger partial charge in [-0.15, -0.1) is 5.75 Å². The summed E-state index contributed by atoms with van der Waals surface area (Å²) in [6.07, 6.45) is -0.297. The molecular formula is C15H11ClFN2O4-. The van der Waals surface area contributed by atoms with Gasteiger partial charge in [0.1, 0.15) is 5.82 Å². The van der Waals surface area contributed by atoms with E-state index < -0.39 is 22.4 Å². The maximum atomic E-state index is 13.6. The Morgan fingerprint density at radius 3 is 2.70 bits per heavy atom. The maximum Gasteiger partial charge on any atom is 0.269 e. The molecule has 0 aliphatic carbocycles. The Bertz CT molecular complexity index is 747. The summed E-state index contributed by atoms with van der Waals surface area (Å²) in [6, 6.07) is 7.32. The van der Waals surface area contributed by atoms with Gasteiger partial charge in [0.25, 0.3) is 5.69 Å². The van der Waals surface area contributed by atoms with E-state index in [1.807, 2.05) is 0 Å². The number of amides is 1. The molecule has 0 bridgehead atoms. The molecule has 2 aromatic rings. The van der Waals surface area contributed by atoms with E-state index in [0.29, 0.717) is 0 Å². The van der Waals surface area contributed by atoms with Gasteiger partial charge in [-0.25, -0.2) is 4.39 Å². The molecule has 0 atom stereocenters. The highest BCUT2D eigenvalue weighted by Gasteiger charge is 2.12. The Morgan fingerprint density at radius 1 is 1.30 bits per heavy atom. The molecule has 0 radical (unpaired) electrons. The molecule has 0 heterocycles. The van der Waals surface area contributed by atoms with Gasteiger partial charge in [-0.05, 0) is 17.7 Å². The van der Waals surface area contributed by atoms with Crippen LogP contribution in [0.2, 0.25) is 5.02 Å². The fraction of sp³-hybridized carbons (Fsp3) is 0.133. The Hall–Kier alpha value is -2.67. The molecule has 0 saturated heterocycles. The van der Waals surface area contributed by atoms with Crippen LogP contribution in [0.4, 0.5) is 10.1 Å². The summed E-state index contributed by atoms with van der Waals surface area (Å²) in [4.78, 5) is 21.9. The number of rotatable bonds is 5. The van der Waals surface area contributed by atoms with E-state index >= 15 is 0 Å². The molecule has 2 aromatic carbocycles. The van der Waals surface area contributed by atoms with Crippen LogP contribution in [0.25, 0.3) is 0 Å². The van der Waals surface area contributed by atoms with Gasteiger partial charge in [-0.3, -0.25) is 14.9 Å². The zero-order valence-corrected chi connectivity index (χ0v) is 12.5. The molecule has 0 spiro atoms. The third kappa shape index (κ3) is 4.17. The van der Waals surface area contributed by atoms with Crippen molar-refractivity contribution < 1.29 is 19.2 Å². The molecular weight excluding hydrogens is 327 g/mol. The normalized spacial score (nSPS) is 10.3. The number of hydrogen-bond acceptors (Lipinski definition) is 4. The van der Waals surface area contributed by atoms with Crippen molar-refractivity contribution in [1.82, 2.24) is 5.32 Å². The predicted octanol–water partition coefficient (Wildman–Crippen LogP) is 2.32. The third-order valence-electron chi connectivity index (χ3n) is 3.13. The van der Waals surface area contributed by atoms with Crippen LogP contribution in [0.5, 0.6) is 5.75 Å². The number of nitrogens with zero attached hydrogens (tertiary/aromatic N) is 1. The number of benzene rings is 2. The summed E-state index contributed by atoms with van der Waals surface area (Å²) in [5.41, 5.74) is -0.119. The fourth-order valence-electron chi connectivity index (χ4n) is 1.94. The second kappa shape index (κ2) is 7.06. The molecule has 23 heavy (non-hydrogen) atoms. The number of carbonyl (C=O) groups is 1. The van der Waals surface area contributed by atoms with Gasteiger partial charge in [-0.2, -0.15) is 0 Å². The predicted molar refractivity (Wildman–Crippen MR) is 79.5 cm³/mol. The first-order valence-corrected chi connectivity index (χ1v) is 6.90. The number of non-ortho nitro benzene ring substituents is 1. The van der Waals surface area contributed by atoms with Gasteiger partial charge < -0.3 is 10.4 Å². The van der Waals surface area contributed by atoms with Gasteiger partial charge in [0.15, 0.2) is 0 Å². The zero-order valence-electron chi connectivity index (χ0n) is 11.7. The van der Waals surface area contributed by atoms with Crippen molar-refractivity contribution in [3.05, 3.63) is 68.5 Å². The topological polar surface area (TPSA) is 95.3 Å². The molecule has 0 aromatic heterocycles. The van der Waals surface area contributed by atoms with Crippen molar-refractivity contribution in [1.29, 1.82) is 0 Å². The number of nitro benzene ring substituents is 1. The summed E-state index contributed by atoms with van der Waals surface area (Å²) < 4.78 is 13.6. The highest BCUT2D eigenvalue weighted by Crippen LogP contribution is 2.21. The molecule has 0 aliphatic heterocycles. The van der Waals surface area contributed by atoms with Crippen molar-refractivity contribution in [2.45, 2.75) is 13.0 Å². The molecule has 1 N–H and O–H groups in total. The summed E-state index contributed by atoms with van der Waals surface area (Å²) in [7, 11) is 0. The molecule has 0 fully saturated rings. The van der Waals surface area contributed by atoms with Crippen LogP contribution in [0.1, 0.15) is 11.1 Å². The molecule has 0 saturated carbocycles. The number of nitro groups is 1. The van der Waals surface area contributed by atoms with Crippen LogP contribution < -0.4 is 10.4 Å². The molecule has 1 amide bonds. The van der Waals surface area contributed by atoms with Crippen LogP contribution in [-0.2, 0) is 17.8 Å². The molecule has 2 rings (SSSR count). The van der Waals surface area contributed by atoms with Crippen LogP contribution in [0, 0.1) is 15.9 Å². The highest BCUT2D eigenvalue weighted by atomic mass is 35.5. The first-order valence-electron chi connectivity index (χ1n) is 6.52. The van der Waals surface area contributed by atoms with Gasteiger partial charge in [-0.1, -0.05) is 23.7 Å². The highest BCUT2D eigenvalue weighted by molar-refractivity contribution is 6.31. The molecule has 0 aliphatic rings.